The van der Waals surface area contributed by atoms with Crippen molar-refractivity contribution >= 4 is 29.2 Å². The Balaban J connectivity index is 1.51. The Kier molecular flexibility index (Phi) is 6.40. The van der Waals surface area contributed by atoms with E-state index in [4.69, 9.17) is 16.1 Å². The highest BCUT2D eigenvalue weighted by Crippen LogP contribution is 2.33. The van der Waals surface area contributed by atoms with Crippen LogP contribution in [0.4, 0.5) is 10.2 Å². The maximum absolute atomic E-state index is 15.1. The number of anilines is 1. The normalized spacial score (nSPS) is 14.5. The first-order valence-electron chi connectivity index (χ1n) is 10.9. The molecular weight excluding hydrogens is 461 g/mol. The average Bonchev–Trinajstić information content (AvgIpc) is 3.50. The second kappa shape index (κ2) is 9.13. The highest BCUT2D eigenvalue weighted by atomic mass is 35.5. The summed E-state index contributed by atoms with van der Waals surface area (Å²) in [5, 5.41) is 9.57. The number of pyridine rings is 1. The molecule has 1 aliphatic carbocycles. The first-order valence-corrected chi connectivity index (χ1v) is 11.3. The van der Waals surface area contributed by atoms with Crippen LogP contribution in [0.15, 0.2) is 35.0 Å². The van der Waals surface area contributed by atoms with Crippen LogP contribution < -0.4 is 10.6 Å². The molecule has 0 aliphatic heterocycles. The molecule has 0 spiro atoms. The van der Waals surface area contributed by atoms with E-state index in [-0.39, 0.29) is 33.7 Å². The van der Waals surface area contributed by atoms with Gasteiger partial charge in [0, 0.05) is 28.1 Å². The predicted molar refractivity (Wildman–Crippen MR) is 125 cm³/mol. The van der Waals surface area contributed by atoms with Gasteiger partial charge in [0.25, 0.3) is 0 Å². The number of rotatable bonds is 6. The minimum absolute atomic E-state index is 0.0276. The fourth-order valence-corrected chi connectivity index (χ4v) is 3.64. The van der Waals surface area contributed by atoms with Gasteiger partial charge in [-0.2, -0.15) is 4.98 Å². The van der Waals surface area contributed by atoms with E-state index >= 15 is 4.39 Å². The lowest BCUT2D eigenvalue weighted by molar-refractivity contribution is -0.117. The molecule has 2 amide bonds. The fraction of sp³-hybridized carbons (Fsp3) is 0.375. The molecule has 1 saturated carbocycles. The van der Waals surface area contributed by atoms with Crippen LogP contribution >= 0.6 is 11.6 Å². The lowest BCUT2D eigenvalue weighted by atomic mass is 9.96. The van der Waals surface area contributed by atoms with E-state index < -0.39 is 17.8 Å². The Morgan fingerprint density at radius 2 is 1.97 bits per heavy atom. The molecule has 8 nitrogen and oxygen atoms in total. The van der Waals surface area contributed by atoms with Crippen molar-refractivity contribution in [3.05, 3.63) is 58.6 Å². The Morgan fingerprint density at radius 3 is 2.62 bits per heavy atom. The topological polar surface area (TPSA) is 110 Å². The summed E-state index contributed by atoms with van der Waals surface area (Å²) < 4.78 is 20.1. The van der Waals surface area contributed by atoms with E-state index in [9.17, 15) is 9.59 Å². The number of amides is 2. The zero-order valence-corrected chi connectivity index (χ0v) is 20.0. The van der Waals surface area contributed by atoms with E-state index in [1.165, 1.54) is 18.3 Å². The molecular formula is C24H25ClFN5O3. The van der Waals surface area contributed by atoms with Crippen LogP contribution in [0.25, 0.3) is 11.1 Å². The summed E-state index contributed by atoms with van der Waals surface area (Å²) in [6, 6.07) is 5.37. The average molecular weight is 486 g/mol. The SMILES string of the molecule is CC(NC(=O)c1nc(C(C)(C)C)no1)c1cc(F)c(-c2ccnc(NC(=O)C3CC3)c2)cc1Cl. The Labute approximate surface area is 201 Å². The van der Waals surface area contributed by atoms with Gasteiger partial charge in [0.1, 0.15) is 11.6 Å². The van der Waals surface area contributed by atoms with Gasteiger partial charge in [-0.05, 0) is 55.2 Å². The minimum Gasteiger partial charge on any atom is -0.341 e. The summed E-state index contributed by atoms with van der Waals surface area (Å²) >= 11 is 6.46. The number of carbonyl (C=O) groups excluding carboxylic acids is 2. The maximum Gasteiger partial charge on any atom is 0.315 e. The molecule has 3 aromatic rings. The fourth-order valence-electron chi connectivity index (χ4n) is 3.31. The third-order valence-corrected chi connectivity index (χ3v) is 5.79. The highest BCUT2D eigenvalue weighted by Gasteiger charge is 2.30. The minimum atomic E-state index is -0.626. The zero-order valence-electron chi connectivity index (χ0n) is 19.3. The van der Waals surface area contributed by atoms with Crippen molar-refractivity contribution in [1.29, 1.82) is 0 Å². The summed E-state index contributed by atoms with van der Waals surface area (Å²) in [6.07, 6.45) is 3.24. The van der Waals surface area contributed by atoms with Crippen LogP contribution in [0.3, 0.4) is 0 Å². The van der Waals surface area contributed by atoms with Crippen LogP contribution in [0.5, 0.6) is 0 Å². The van der Waals surface area contributed by atoms with E-state index in [2.05, 4.69) is 25.8 Å². The second-order valence-corrected chi connectivity index (χ2v) is 9.82. The lowest BCUT2D eigenvalue weighted by Gasteiger charge is -2.16. The summed E-state index contributed by atoms with van der Waals surface area (Å²) in [7, 11) is 0. The molecule has 2 heterocycles. The molecule has 1 atom stereocenters. The number of aromatic nitrogens is 3. The molecule has 4 rings (SSSR count). The number of nitrogens with one attached hydrogen (secondary N) is 2. The largest absolute Gasteiger partial charge is 0.341 e. The molecule has 2 N–H and O–H groups in total. The van der Waals surface area contributed by atoms with Crippen molar-refractivity contribution < 1.29 is 18.5 Å². The molecule has 10 heteroatoms. The maximum atomic E-state index is 15.1. The first-order chi connectivity index (χ1) is 16.0. The zero-order chi connectivity index (χ0) is 24.6. The van der Waals surface area contributed by atoms with E-state index in [0.29, 0.717) is 22.8 Å². The summed E-state index contributed by atoms with van der Waals surface area (Å²) in [4.78, 5) is 32.8. The second-order valence-electron chi connectivity index (χ2n) is 9.42. The van der Waals surface area contributed by atoms with E-state index in [0.717, 1.165) is 12.8 Å². The van der Waals surface area contributed by atoms with Crippen molar-refractivity contribution in [2.75, 3.05) is 5.32 Å². The van der Waals surface area contributed by atoms with Gasteiger partial charge in [0.15, 0.2) is 5.82 Å². The molecule has 1 fully saturated rings. The van der Waals surface area contributed by atoms with Crippen molar-refractivity contribution in [3.63, 3.8) is 0 Å². The third kappa shape index (κ3) is 5.25. The van der Waals surface area contributed by atoms with Crippen LogP contribution in [-0.2, 0) is 10.2 Å². The number of nitrogens with zero attached hydrogens (tertiary/aromatic N) is 3. The van der Waals surface area contributed by atoms with Gasteiger partial charge in [-0.1, -0.05) is 37.5 Å². The molecule has 2 aromatic heterocycles. The smallest absolute Gasteiger partial charge is 0.315 e. The third-order valence-electron chi connectivity index (χ3n) is 5.46. The predicted octanol–water partition coefficient (Wildman–Crippen LogP) is 5.06. The van der Waals surface area contributed by atoms with Gasteiger partial charge >= 0.3 is 11.8 Å². The molecule has 0 bridgehead atoms. The van der Waals surface area contributed by atoms with Gasteiger partial charge in [0.05, 0.1) is 6.04 Å². The van der Waals surface area contributed by atoms with Crippen molar-refractivity contribution in [2.45, 2.75) is 52.0 Å². The van der Waals surface area contributed by atoms with Crippen LogP contribution in [0.2, 0.25) is 5.02 Å². The van der Waals surface area contributed by atoms with Crippen LogP contribution in [0.1, 0.15) is 68.7 Å². The Hall–Kier alpha value is -3.33. The molecule has 1 aliphatic rings. The number of hydrogen-bond donors (Lipinski definition) is 2. The first kappa shape index (κ1) is 23.8. The number of hydrogen-bond acceptors (Lipinski definition) is 6. The van der Waals surface area contributed by atoms with Gasteiger partial charge in [-0.25, -0.2) is 9.37 Å². The quantitative estimate of drug-likeness (QED) is 0.505. The van der Waals surface area contributed by atoms with E-state index in [1.54, 1.807) is 19.1 Å². The molecule has 1 aromatic carbocycles. The molecule has 0 saturated heterocycles. The number of carbonyl (C=O) groups is 2. The molecule has 0 radical (unpaired) electrons. The van der Waals surface area contributed by atoms with Crippen molar-refractivity contribution in [2.24, 2.45) is 5.92 Å². The van der Waals surface area contributed by atoms with Crippen LogP contribution in [0, 0.1) is 11.7 Å². The van der Waals surface area contributed by atoms with Gasteiger partial charge in [-0.3, -0.25) is 9.59 Å². The summed E-state index contributed by atoms with van der Waals surface area (Å²) in [5.74, 6) is -0.589. The van der Waals surface area contributed by atoms with E-state index in [1.807, 2.05) is 20.8 Å². The van der Waals surface area contributed by atoms with Gasteiger partial charge < -0.3 is 15.2 Å². The highest BCUT2D eigenvalue weighted by molar-refractivity contribution is 6.31. The molecule has 178 valence electrons. The Morgan fingerprint density at radius 1 is 1.24 bits per heavy atom. The summed E-state index contributed by atoms with van der Waals surface area (Å²) in [5.41, 5.74) is 0.791. The molecule has 1 unspecified atom stereocenters. The van der Waals surface area contributed by atoms with Crippen molar-refractivity contribution in [3.8, 4) is 11.1 Å². The summed E-state index contributed by atoms with van der Waals surface area (Å²) in [6.45, 7) is 7.38. The number of benzene rings is 1. The van der Waals surface area contributed by atoms with Crippen LogP contribution in [-0.4, -0.2) is 26.9 Å². The monoisotopic (exact) mass is 485 g/mol. The van der Waals surface area contributed by atoms with Gasteiger partial charge in [0.2, 0.25) is 5.91 Å². The number of halogens is 2. The van der Waals surface area contributed by atoms with Gasteiger partial charge in [-0.15, -0.1) is 0 Å². The lowest BCUT2D eigenvalue weighted by Crippen LogP contribution is -2.27. The standard InChI is InChI=1S/C24H25ClFN5O3/c1-12(28-21(33)22-30-23(31-34-22)24(2,3)4)15-11-18(26)16(10-17(15)25)14-7-8-27-19(9-14)29-20(32)13-5-6-13/h7-13H,5-6H2,1-4H3,(H,28,33)(H,27,29,32). The molecule has 34 heavy (non-hydrogen) atoms. The Bertz CT molecular complexity index is 1250. The van der Waals surface area contributed by atoms with Crippen molar-refractivity contribution in [1.82, 2.24) is 20.4 Å².